The number of benzene rings is 1. The molecule has 186 valence electrons. The Bertz CT molecular complexity index is 1660. The Balaban J connectivity index is 1.37. The van der Waals surface area contributed by atoms with Crippen molar-refractivity contribution in [2.75, 3.05) is 5.32 Å². The fourth-order valence-electron chi connectivity index (χ4n) is 4.20. The number of carboxylic acid groups (broad SMARTS) is 1. The van der Waals surface area contributed by atoms with Gasteiger partial charge in [0.2, 0.25) is 0 Å². The number of carboxylic acids is 1. The summed E-state index contributed by atoms with van der Waals surface area (Å²) in [5, 5.41) is 26.3. The maximum atomic E-state index is 12.6. The number of aromatic nitrogens is 2. The molecule has 0 aliphatic heterocycles. The van der Waals surface area contributed by atoms with Crippen LogP contribution in [-0.4, -0.2) is 26.9 Å². The van der Waals surface area contributed by atoms with Crippen molar-refractivity contribution in [1.82, 2.24) is 9.78 Å². The smallest absolute Gasteiger partial charge is 0.413 e. The molecule has 5 rings (SSSR count). The SMILES string of the molecule is Cc1ccccc1C(C)OC(=O)Nc1c(C#Cc2sc3cc(C4(C(=O)O)CC4)sc3c2C#N)cnn1C. The van der Waals surface area contributed by atoms with Gasteiger partial charge in [0.15, 0.2) is 0 Å². The number of aliphatic carboxylic acids is 1. The van der Waals surface area contributed by atoms with Crippen LogP contribution in [-0.2, 0) is 22.0 Å². The minimum atomic E-state index is -0.816. The van der Waals surface area contributed by atoms with Gasteiger partial charge in [0.25, 0.3) is 0 Å². The summed E-state index contributed by atoms with van der Waals surface area (Å²) in [4.78, 5) is 25.7. The van der Waals surface area contributed by atoms with Crippen molar-refractivity contribution >= 4 is 50.0 Å². The first-order chi connectivity index (χ1) is 17.7. The molecule has 0 spiro atoms. The van der Waals surface area contributed by atoms with Gasteiger partial charge < -0.3 is 9.84 Å². The molecule has 8 nitrogen and oxygen atoms in total. The van der Waals surface area contributed by atoms with Gasteiger partial charge in [-0.25, -0.2) is 4.79 Å². The first kappa shape index (κ1) is 24.6. The van der Waals surface area contributed by atoms with Crippen LogP contribution in [0.1, 0.15) is 57.9 Å². The number of carbonyl (C=O) groups is 2. The number of fused-ring (bicyclic) bond motifs is 1. The van der Waals surface area contributed by atoms with Crippen molar-refractivity contribution in [3.05, 3.63) is 68.5 Å². The second-order valence-electron chi connectivity index (χ2n) is 8.92. The molecule has 1 amide bonds. The van der Waals surface area contributed by atoms with Gasteiger partial charge in [0, 0.05) is 16.6 Å². The molecule has 0 saturated heterocycles. The number of hydrogen-bond acceptors (Lipinski definition) is 7. The van der Waals surface area contributed by atoms with E-state index in [1.54, 1.807) is 7.05 Å². The summed E-state index contributed by atoms with van der Waals surface area (Å²) in [5.74, 6) is 5.63. The predicted octanol–water partition coefficient (Wildman–Crippen LogP) is 5.70. The Kier molecular flexibility index (Phi) is 6.24. The third kappa shape index (κ3) is 4.46. The number of nitriles is 1. The van der Waals surface area contributed by atoms with E-state index in [1.165, 1.54) is 33.6 Å². The lowest BCUT2D eigenvalue weighted by molar-refractivity contribution is -0.139. The van der Waals surface area contributed by atoms with Crippen LogP contribution in [0.2, 0.25) is 0 Å². The Hall–Kier alpha value is -4.12. The number of carbonyl (C=O) groups excluding carboxylic acids is 1. The van der Waals surface area contributed by atoms with Crippen LogP contribution in [0.3, 0.4) is 0 Å². The van der Waals surface area contributed by atoms with Gasteiger partial charge in [-0.15, -0.1) is 22.7 Å². The summed E-state index contributed by atoms with van der Waals surface area (Å²) in [5.41, 5.74) is 2.07. The Labute approximate surface area is 221 Å². The van der Waals surface area contributed by atoms with Crippen LogP contribution in [0.5, 0.6) is 0 Å². The number of hydrogen-bond donors (Lipinski definition) is 2. The molecular weight excluding hydrogens is 508 g/mol. The van der Waals surface area contributed by atoms with Gasteiger partial charge in [-0.05, 0) is 49.8 Å². The molecule has 0 radical (unpaired) electrons. The quantitative estimate of drug-likeness (QED) is 0.320. The van der Waals surface area contributed by atoms with Gasteiger partial charge in [-0.2, -0.15) is 10.4 Å². The average molecular weight is 531 g/mol. The molecule has 1 aliphatic carbocycles. The van der Waals surface area contributed by atoms with E-state index in [4.69, 9.17) is 4.74 Å². The molecule has 3 aromatic heterocycles. The molecule has 1 aromatic carbocycles. The zero-order valence-corrected chi connectivity index (χ0v) is 21.9. The molecule has 2 N–H and O–H groups in total. The molecular formula is C27H22N4O4S2. The highest BCUT2D eigenvalue weighted by atomic mass is 32.1. The van der Waals surface area contributed by atoms with E-state index < -0.39 is 23.6 Å². The van der Waals surface area contributed by atoms with Crippen molar-refractivity contribution in [3.8, 4) is 17.9 Å². The number of ether oxygens (including phenoxy) is 1. The molecule has 1 aliphatic rings. The molecule has 1 unspecified atom stereocenters. The van der Waals surface area contributed by atoms with E-state index in [9.17, 15) is 20.0 Å². The summed E-state index contributed by atoms with van der Waals surface area (Å²) in [6, 6.07) is 11.8. The number of nitrogens with zero attached hydrogens (tertiary/aromatic N) is 3. The van der Waals surface area contributed by atoms with Gasteiger partial charge >= 0.3 is 12.1 Å². The molecule has 37 heavy (non-hydrogen) atoms. The maximum Gasteiger partial charge on any atom is 0.413 e. The van der Waals surface area contributed by atoms with Gasteiger partial charge in [-0.3, -0.25) is 14.8 Å². The number of thiophene rings is 2. The van der Waals surface area contributed by atoms with Crippen molar-refractivity contribution in [1.29, 1.82) is 5.26 Å². The zero-order chi connectivity index (χ0) is 26.3. The minimum absolute atomic E-state index is 0.380. The third-order valence-electron chi connectivity index (χ3n) is 6.49. The largest absolute Gasteiger partial charge is 0.481 e. The van der Waals surface area contributed by atoms with E-state index in [-0.39, 0.29) is 0 Å². The van der Waals surface area contributed by atoms with Crippen LogP contribution in [0.15, 0.2) is 36.5 Å². The Morgan fingerprint density at radius 3 is 2.70 bits per heavy atom. The van der Waals surface area contributed by atoms with E-state index in [0.29, 0.717) is 34.7 Å². The number of anilines is 1. The zero-order valence-electron chi connectivity index (χ0n) is 20.3. The number of rotatable bonds is 5. The maximum absolute atomic E-state index is 12.6. The summed E-state index contributed by atoms with van der Waals surface area (Å²) in [6.45, 7) is 3.77. The van der Waals surface area contributed by atoms with Gasteiger partial charge in [-0.1, -0.05) is 30.2 Å². The highest BCUT2D eigenvalue weighted by Gasteiger charge is 2.53. The Morgan fingerprint density at radius 1 is 1.27 bits per heavy atom. The first-order valence-corrected chi connectivity index (χ1v) is 13.1. The van der Waals surface area contributed by atoms with Crippen LogP contribution in [0.4, 0.5) is 10.6 Å². The molecule has 10 heteroatoms. The third-order valence-corrected chi connectivity index (χ3v) is 9.03. The van der Waals surface area contributed by atoms with Crippen molar-refractivity contribution in [3.63, 3.8) is 0 Å². The lowest BCUT2D eigenvalue weighted by atomic mass is 10.1. The summed E-state index contributed by atoms with van der Waals surface area (Å²) in [6.07, 6.45) is 1.71. The highest BCUT2D eigenvalue weighted by Crippen LogP contribution is 2.53. The summed E-state index contributed by atoms with van der Waals surface area (Å²) < 4.78 is 8.68. The Morgan fingerprint density at radius 2 is 2.03 bits per heavy atom. The number of amides is 1. The number of nitrogens with one attached hydrogen (secondary N) is 1. The molecule has 0 bridgehead atoms. The lowest BCUT2D eigenvalue weighted by Gasteiger charge is -2.16. The predicted molar refractivity (Wildman–Crippen MR) is 142 cm³/mol. The molecule has 1 saturated carbocycles. The van der Waals surface area contributed by atoms with E-state index in [2.05, 4.69) is 28.3 Å². The fourth-order valence-corrected chi connectivity index (χ4v) is 6.82. The lowest BCUT2D eigenvalue weighted by Crippen LogP contribution is -2.18. The molecule has 1 atom stereocenters. The van der Waals surface area contributed by atoms with Crippen LogP contribution in [0.25, 0.3) is 9.40 Å². The highest BCUT2D eigenvalue weighted by molar-refractivity contribution is 7.28. The van der Waals surface area contributed by atoms with Crippen LogP contribution in [0, 0.1) is 30.1 Å². The van der Waals surface area contributed by atoms with E-state index in [0.717, 1.165) is 25.4 Å². The van der Waals surface area contributed by atoms with E-state index >= 15 is 0 Å². The van der Waals surface area contributed by atoms with E-state index in [1.807, 2.05) is 44.2 Å². The van der Waals surface area contributed by atoms with Crippen LogP contribution >= 0.6 is 22.7 Å². The molecule has 1 fully saturated rings. The van der Waals surface area contributed by atoms with Crippen molar-refractivity contribution < 1.29 is 19.4 Å². The summed E-state index contributed by atoms with van der Waals surface area (Å²) >= 11 is 2.72. The minimum Gasteiger partial charge on any atom is -0.481 e. The van der Waals surface area contributed by atoms with Crippen LogP contribution < -0.4 is 5.32 Å². The average Bonchev–Trinajstić information content (AvgIpc) is 3.33. The molecule has 3 heterocycles. The standard InChI is InChI=1S/C27H22N4O4S2/c1-15-6-4-5-7-18(15)16(2)35-26(34)30-24-17(14-29-31(24)3)8-9-20-19(13-28)23-21(36-20)12-22(37-23)27(10-11-27)25(32)33/h4-7,12,14,16H,10-11H2,1-3H3,(H,30,34)(H,32,33). The second-order valence-corrected chi connectivity index (χ2v) is 11.0. The second kappa shape index (κ2) is 9.40. The normalized spacial score (nSPS) is 14.3. The fraction of sp³-hybridized carbons (Fsp3) is 0.259. The monoisotopic (exact) mass is 530 g/mol. The van der Waals surface area contributed by atoms with Gasteiger partial charge in [0.05, 0.1) is 26.9 Å². The first-order valence-electron chi connectivity index (χ1n) is 11.5. The summed E-state index contributed by atoms with van der Waals surface area (Å²) in [7, 11) is 1.69. The van der Waals surface area contributed by atoms with Gasteiger partial charge in [0.1, 0.15) is 23.4 Å². The van der Waals surface area contributed by atoms with Crippen molar-refractivity contribution in [2.24, 2.45) is 7.05 Å². The number of aryl methyl sites for hydroxylation is 2. The topological polar surface area (TPSA) is 117 Å². The van der Waals surface area contributed by atoms with Crippen molar-refractivity contribution in [2.45, 2.75) is 38.2 Å². The molecule has 4 aromatic rings.